The molecular weight excluding hydrogens is 414 g/mol. The van der Waals surface area contributed by atoms with Crippen LogP contribution in [-0.2, 0) is 30.7 Å². The minimum absolute atomic E-state index is 0.0367. The van der Waals surface area contributed by atoms with Crippen molar-refractivity contribution in [2.24, 2.45) is 10.2 Å². The fraction of sp³-hybridized carbons (Fsp3) is 0.318. The van der Waals surface area contributed by atoms with Gasteiger partial charge in [-0.25, -0.2) is 4.98 Å². The van der Waals surface area contributed by atoms with Crippen LogP contribution in [0.15, 0.2) is 45.6 Å². The number of aromatic nitrogens is 3. The molecule has 0 radical (unpaired) electrons. The van der Waals surface area contributed by atoms with E-state index >= 15 is 0 Å². The second-order valence-corrected chi connectivity index (χ2v) is 8.68. The standard InChI is InChI=1S/C22H21N5O3S/c1-2-27-15-9-5-3-7-13(15)19(22(27)30)25-24-17(28)11-26-12-23-20-18(21(26)29)14-8-4-6-10-16(14)31-20/h3,5,7,9,12,30H,2,4,6,8,10-11H2,1H3. The van der Waals surface area contributed by atoms with Gasteiger partial charge in [0.05, 0.1) is 17.2 Å². The molecule has 1 aliphatic rings. The summed E-state index contributed by atoms with van der Waals surface area (Å²) in [7, 11) is 0. The van der Waals surface area contributed by atoms with E-state index in [2.05, 4.69) is 15.2 Å². The first-order chi connectivity index (χ1) is 15.1. The highest BCUT2D eigenvalue weighted by atomic mass is 32.1. The monoisotopic (exact) mass is 435 g/mol. The topological polar surface area (TPSA) is 102 Å². The molecule has 4 aromatic rings. The van der Waals surface area contributed by atoms with Crippen LogP contribution in [0.1, 0.15) is 30.2 Å². The van der Waals surface area contributed by atoms with Crippen molar-refractivity contribution in [1.29, 1.82) is 0 Å². The lowest BCUT2D eigenvalue weighted by Gasteiger charge is -2.10. The van der Waals surface area contributed by atoms with E-state index in [0.29, 0.717) is 17.3 Å². The van der Waals surface area contributed by atoms with Gasteiger partial charge in [0.15, 0.2) is 5.69 Å². The van der Waals surface area contributed by atoms with E-state index in [4.69, 9.17) is 0 Å². The van der Waals surface area contributed by atoms with Gasteiger partial charge in [0.2, 0.25) is 5.88 Å². The van der Waals surface area contributed by atoms with Crippen LogP contribution in [0, 0.1) is 0 Å². The highest BCUT2D eigenvalue weighted by Gasteiger charge is 2.21. The predicted molar refractivity (Wildman–Crippen MR) is 119 cm³/mol. The molecule has 0 aliphatic heterocycles. The molecule has 0 fully saturated rings. The lowest BCUT2D eigenvalue weighted by molar-refractivity contribution is -0.118. The highest BCUT2D eigenvalue weighted by Crippen LogP contribution is 2.38. The lowest BCUT2D eigenvalue weighted by atomic mass is 9.97. The van der Waals surface area contributed by atoms with Crippen molar-refractivity contribution in [3.8, 4) is 5.88 Å². The minimum atomic E-state index is -0.583. The van der Waals surface area contributed by atoms with Crippen LogP contribution in [0.25, 0.3) is 21.1 Å². The molecule has 1 aromatic carbocycles. The average molecular weight is 436 g/mol. The smallest absolute Gasteiger partial charge is 0.284 e. The Morgan fingerprint density at radius 2 is 2.06 bits per heavy atom. The van der Waals surface area contributed by atoms with E-state index in [1.807, 2.05) is 31.2 Å². The third kappa shape index (κ3) is 3.25. The number of para-hydroxylation sites is 1. The van der Waals surface area contributed by atoms with Gasteiger partial charge in [-0.15, -0.1) is 21.6 Å². The molecule has 5 rings (SSSR count). The molecule has 8 nitrogen and oxygen atoms in total. The lowest BCUT2D eigenvalue weighted by Crippen LogP contribution is -2.24. The van der Waals surface area contributed by atoms with Gasteiger partial charge in [0.25, 0.3) is 11.5 Å². The zero-order valence-corrected chi connectivity index (χ0v) is 17.9. The van der Waals surface area contributed by atoms with Gasteiger partial charge >= 0.3 is 0 Å². The number of amides is 1. The molecule has 3 aromatic heterocycles. The number of hydrogen-bond acceptors (Lipinski definition) is 6. The summed E-state index contributed by atoms with van der Waals surface area (Å²) in [6, 6.07) is 7.41. The van der Waals surface area contributed by atoms with Crippen molar-refractivity contribution in [2.75, 3.05) is 0 Å². The van der Waals surface area contributed by atoms with E-state index in [1.54, 1.807) is 15.9 Å². The van der Waals surface area contributed by atoms with E-state index in [0.717, 1.165) is 41.6 Å². The quantitative estimate of drug-likeness (QED) is 0.482. The highest BCUT2D eigenvalue weighted by molar-refractivity contribution is 7.18. The number of fused-ring (bicyclic) bond motifs is 4. The van der Waals surface area contributed by atoms with Gasteiger partial charge in [0, 0.05) is 16.8 Å². The van der Waals surface area contributed by atoms with E-state index in [-0.39, 0.29) is 23.7 Å². The predicted octanol–water partition coefficient (Wildman–Crippen LogP) is 4.33. The molecule has 0 saturated heterocycles. The van der Waals surface area contributed by atoms with E-state index in [9.17, 15) is 14.7 Å². The molecule has 0 atom stereocenters. The fourth-order valence-electron chi connectivity index (χ4n) is 4.27. The first-order valence-electron chi connectivity index (χ1n) is 10.3. The maximum absolute atomic E-state index is 13.0. The van der Waals surface area contributed by atoms with Crippen molar-refractivity contribution in [3.05, 3.63) is 51.4 Å². The summed E-state index contributed by atoms with van der Waals surface area (Å²) in [5.74, 6) is -0.620. The maximum atomic E-state index is 13.0. The van der Waals surface area contributed by atoms with Gasteiger partial charge in [-0.3, -0.25) is 14.2 Å². The SMILES string of the molecule is CCn1c(O)c(N=NC(=O)Cn2cnc3sc4c(c3c2=O)CCCC4)c2ccccc21. The number of rotatable bonds is 4. The van der Waals surface area contributed by atoms with Gasteiger partial charge in [-0.1, -0.05) is 18.2 Å². The number of azo groups is 1. The van der Waals surface area contributed by atoms with Gasteiger partial charge in [-0.05, 0) is 44.2 Å². The fourth-order valence-corrected chi connectivity index (χ4v) is 5.49. The summed E-state index contributed by atoms with van der Waals surface area (Å²) in [6.07, 6.45) is 5.46. The Morgan fingerprint density at radius 1 is 1.26 bits per heavy atom. The Labute approximate surface area is 181 Å². The molecule has 0 saturated carbocycles. The first kappa shape index (κ1) is 19.6. The third-order valence-corrected chi connectivity index (χ3v) is 6.94. The van der Waals surface area contributed by atoms with Crippen LogP contribution in [0.3, 0.4) is 0 Å². The normalized spacial score (nSPS) is 14.0. The first-order valence-corrected chi connectivity index (χ1v) is 11.1. The number of benzene rings is 1. The summed E-state index contributed by atoms with van der Waals surface area (Å²) in [6.45, 7) is 2.22. The number of thiophene rings is 1. The molecule has 0 unspecified atom stereocenters. The molecular formula is C22H21N5O3S. The van der Waals surface area contributed by atoms with Gasteiger partial charge in [-0.2, -0.15) is 0 Å². The second-order valence-electron chi connectivity index (χ2n) is 7.60. The third-order valence-electron chi connectivity index (χ3n) is 5.74. The molecule has 0 spiro atoms. The van der Waals surface area contributed by atoms with Crippen LogP contribution in [0.2, 0.25) is 0 Å². The summed E-state index contributed by atoms with van der Waals surface area (Å²) < 4.78 is 3.00. The van der Waals surface area contributed by atoms with E-state index in [1.165, 1.54) is 15.8 Å². The Bertz CT molecular complexity index is 1410. The van der Waals surface area contributed by atoms with Crippen LogP contribution < -0.4 is 5.56 Å². The van der Waals surface area contributed by atoms with Crippen molar-refractivity contribution < 1.29 is 9.90 Å². The van der Waals surface area contributed by atoms with Crippen molar-refractivity contribution in [3.63, 3.8) is 0 Å². The summed E-state index contributed by atoms with van der Waals surface area (Å²) in [5.41, 5.74) is 1.94. The number of aromatic hydroxyl groups is 1. The van der Waals surface area contributed by atoms with Crippen LogP contribution in [0.4, 0.5) is 5.69 Å². The molecule has 1 aliphatic carbocycles. The minimum Gasteiger partial charge on any atom is -0.493 e. The van der Waals surface area contributed by atoms with Gasteiger partial charge < -0.3 is 9.67 Å². The summed E-state index contributed by atoms with van der Waals surface area (Å²) >= 11 is 1.57. The number of hydrogen-bond donors (Lipinski definition) is 1. The summed E-state index contributed by atoms with van der Waals surface area (Å²) in [5, 5.41) is 19.6. The zero-order valence-electron chi connectivity index (χ0n) is 17.0. The van der Waals surface area contributed by atoms with Crippen LogP contribution in [0.5, 0.6) is 5.88 Å². The molecule has 31 heavy (non-hydrogen) atoms. The molecule has 158 valence electrons. The average Bonchev–Trinajstić information content (AvgIpc) is 3.29. The number of carbonyl (C=O) groups is 1. The van der Waals surface area contributed by atoms with E-state index < -0.39 is 5.91 Å². The van der Waals surface area contributed by atoms with Crippen LogP contribution >= 0.6 is 11.3 Å². The Kier molecular flexibility index (Phi) is 4.90. The Morgan fingerprint density at radius 3 is 2.90 bits per heavy atom. The number of aryl methyl sites for hydroxylation is 3. The maximum Gasteiger partial charge on any atom is 0.284 e. The summed E-state index contributed by atoms with van der Waals surface area (Å²) in [4.78, 5) is 31.9. The molecule has 9 heteroatoms. The van der Waals surface area contributed by atoms with Crippen LogP contribution in [-0.4, -0.2) is 25.1 Å². The zero-order chi connectivity index (χ0) is 21.5. The van der Waals surface area contributed by atoms with Crippen molar-refractivity contribution in [2.45, 2.75) is 45.7 Å². The number of nitrogens with zero attached hydrogens (tertiary/aromatic N) is 5. The Balaban J connectivity index is 1.45. The molecule has 1 amide bonds. The Hall–Kier alpha value is -3.33. The largest absolute Gasteiger partial charge is 0.493 e. The van der Waals surface area contributed by atoms with Gasteiger partial charge in [0.1, 0.15) is 11.4 Å². The molecule has 3 heterocycles. The van der Waals surface area contributed by atoms with Crippen molar-refractivity contribution in [1.82, 2.24) is 14.1 Å². The van der Waals surface area contributed by atoms with Crippen molar-refractivity contribution >= 4 is 44.1 Å². The molecule has 1 N–H and O–H groups in total. The molecule has 0 bridgehead atoms. The number of carbonyl (C=O) groups excluding carboxylic acids is 1. The second kappa shape index (κ2) is 7.73.